The molecule has 1 N–H and O–H groups in total. The van der Waals surface area contributed by atoms with Crippen LogP contribution in [0.25, 0.3) is 0 Å². The number of unbranched alkanes of at least 4 members (excludes halogenated alkanes) is 9. The molecule has 1 unspecified atom stereocenters. The van der Waals surface area contributed by atoms with Gasteiger partial charge in [0.15, 0.2) is 6.10 Å². The Morgan fingerprint density at radius 1 is 0.857 bits per heavy atom. The molecule has 6 nitrogen and oxygen atoms in total. The fraction of sp³-hybridized carbons (Fsp3) is 0.750. The van der Waals surface area contributed by atoms with Crippen LogP contribution < -0.4 is 0 Å². The molecule has 1 aromatic carbocycles. The molecule has 1 rings (SSSR count). The second kappa shape index (κ2) is 20.1. The van der Waals surface area contributed by atoms with E-state index in [4.69, 9.17) is 13.8 Å². The number of rotatable bonds is 22. The monoisotopic (exact) mass is 511 g/mol. The molecule has 7 heteroatoms. The van der Waals surface area contributed by atoms with Gasteiger partial charge in [0, 0.05) is 18.7 Å². The van der Waals surface area contributed by atoms with Gasteiger partial charge in [0.25, 0.3) is 8.53 Å². The molecular formula is C28H50NO5P. The molecule has 202 valence electrons. The van der Waals surface area contributed by atoms with Gasteiger partial charge in [0.1, 0.15) is 0 Å². The number of aliphatic carboxylic acids is 1. The average molecular weight is 512 g/mol. The summed E-state index contributed by atoms with van der Waals surface area (Å²) in [6.07, 6.45) is 11.4. The van der Waals surface area contributed by atoms with Crippen LogP contribution in [0.3, 0.4) is 0 Å². The quantitative estimate of drug-likeness (QED) is 0.126. The van der Waals surface area contributed by atoms with Gasteiger partial charge in [-0.05, 0) is 39.7 Å². The second-order valence-corrected chi connectivity index (χ2v) is 11.2. The largest absolute Gasteiger partial charge is 0.479 e. The zero-order valence-corrected chi connectivity index (χ0v) is 23.7. The van der Waals surface area contributed by atoms with E-state index < -0.39 is 20.6 Å². The minimum atomic E-state index is -1.43. The lowest BCUT2D eigenvalue weighted by Crippen LogP contribution is -2.35. The molecule has 2 atom stereocenters. The number of carboxylic acids is 1. The molecule has 0 amide bonds. The van der Waals surface area contributed by atoms with E-state index in [1.54, 1.807) is 0 Å². The van der Waals surface area contributed by atoms with Gasteiger partial charge in [-0.2, -0.15) is 0 Å². The Hall–Kier alpha value is -1.04. The summed E-state index contributed by atoms with van der Waals surface area (Å²) in [6, 6.07) is 10.4. The summed E-state index contributed by atoms with van der Waals surface area (Å²) in [6.45, 7) is 11.5. The highest BCUT2D eigenvalue weighted by Crippen LogP contribution is 2.46. The zero-order valence-electron chi connectivity index (χ0n) is 22.8. The first-order valence-electron chi connectivity index (χ1n) is 13.6. The Labute approximate surface area is 215 Å². The van der Waals surface area contributed by atoms with Crippen LogP contribution in [0.5, 0.6) is 0 Å². The van der Waals surface area contributed by atoms with Crippen LogP contribution in [0.15, 0.2) is 30.3 Å². The van der Waals surface area contributed by atoms with Crippen molar-refractivity contribution < 1.29 is 23.7 Å². The van der Waals surface area contributed by atoms with Crippen molar-refractivity contribution >= 4 is 14.5 Å². The van der Waals surface area contributed by atoms with Crippen molar-refractivity contribution in [3.8, 4) is 0 Å². The summed E-state index contributed by atoms with van der Waals surface area (Å²) < 4.78 is 20.1. The third kappa shape index (κ3) is 15.0. The Morgan fingerprint density at radius 2 is 1.40 bits per heavy atom. The first-order valence-corrected chi connectivity index (χ1v) is 14.7. The highest BCUT2D eigenvalue weighted by molar-refractivity contribution is 7.44. The fourth-order valence-corrected chi connectivity index (χ4v) is 5.60. The van der Waals surface area contributed by atoms with E-state index in [0.717, 1.165) is 18.4 Å². The van der Waals surface area contributed by atoms with Crippen molar-refractivity contribution in [1.29, 1.82) is 0 Å². The van der Waals surface area contributed by atoms with Crippen molar-refractivity contribution in [3.63, 3.8) is 0 Å². The van der Waals surface area contributed by atoms with Gasteiger partial charge >= 0.3 is 5.97 Å². The number of nitrogens with zero attached hydrogens (tertiary/aromatic N) is 1. The standard InChI is InChI=1S/C28H50NO5P/c1-6-7-8-9-10-11-12-13-14-18-21-32-27(28(30)31)23-34-35(29(24(2)3)25(4)5)33-22-26-19-16-15-17-20-26/h15-17,19-20,24-25,27H,6-14,18,21-23H2,1-5H3,(H,30,31)/t27-,35?/m1/s1. The van der Waals surface area contributed by atoms with Gasteiger partial charge in [-0.3, -0.25) is 0 Å². The molecule has 0 saturated carbocycles. The summed E-state index contributed by atoms with van der Waals surface area (Å²) >= 11 is 0. The molecule has 35 heavy (non-hydrogen) atoms. The van der Waals surface area contributed by atoms with Crippen LogP contribution in [0, 0.1) is 0 Å². The predicted octanol–water partition coefficient (Wildman–Crippen LogP) is 7.96. The average Bonchev–Trinajstić information content (AvgIpc) is 2.82. The van der Waals surface area contributed by atoms with Gasteiger partial charge in [-0.1, -0.05) is 95.0 Å². The first-order chi connectivity index (χ1) is 16.9. The van der Waals surface area contributed by atoms with Gasteiger partial charge in [0.2, 0.25) is 0 Å². The maximum atomic E-state index is 11.8. The summed E-state index contributed by atoms with van der Waals surface area (Å²) in [7, 11) is -1.43. The summed E-state index contributed by atoms with van der Waals surface area (Å²) in [4.78, 5) is 11.8. The van der Waals surface area contributed by atoms with E-state index in [-0.39, 0.29) is 18.7 Å². The van der Waals surface area contributed by atoms with E-state index in [9.17, 15) is 9.90 Å². The maximum absolute atomic E-state index is 11.8. The van der Waals surface area contributed by atoms with Gasteiger partial charge in [-0.15, -0.1) is 0 Å². The Kier molecular flexibility index (Phi) is 18.3. The van der Waals surface area contributed by atoms with Crippen LogP contribution in [0.2, 0.25) is 0 Å². The Morgan fingerprint density at radius 3 is 1.91 bits per heavy atom. The van der Waals surface area contributed by atoms with Crippen molar-refractivity contribution in [1.82, 2.24) is 4.67 Å². The van der Waals surface area contributed by atoms with Gasteiger partial charge in [0.05, 0.1) is 13.2 Å². The normalized spacial score (nSPS) is 13.6. The van der Waals surface area contributed by atoms with Crippen LogP contribution in [0.4, 0.5) is 0 Å². The topological polar surface area (TPSA) is 68.2 Å². The molecule has 0 radical (unpaired) electrons. The lowest BCUT2D eigenvalue weighted by molar-refractivity contribution is -0.152. The first kappa shape index (κ1) is 32.0. The number of carbonyl (C=O) groups is 1. The second-order valence-electron chi connectivity index (χ2n) is 9.74. The van der Waals surface area contributed by atoms with Crippen molar-refractivity contribution in [3.05, 3.63) is 35.9 Å². The minimum absolute atomic E-state index is 0.0243. The molecule has 0 aliphatic heterocycles. The Balaban J connectivity index is 2.44. The number of ether oxygens (including phenoxy) is 1. The molecule has 0 aliphatic carbocycles. The number of carboxylic acid groups (broad SMARTS) is 1. The van der Waals surface area contributed by atoms with Crippen LogP contribution in [-0.2, 0) is 25.2 Å². The van der Waals surface area contributed by atoms with Crippen molar-refractivity contribution in [2.45, 2.75) is 124 Å². The summed E-state index contributed by atoms with van der Waals surface area (Å²) in [5.41, 5.74) is 1.06. The lowest BCUT2D eigenvalue weighted by atomic mass is 10.1. The molecule has 1 aromatic rings. The molecule has 0 heterocycles. The Bertz CT molecular complexity index is 635. The zero-order chi connectivity index (χ0) is 25.9. The third-order valence-electron chi connectivity index (χ3n) is 5.86. The van der Waals surface area contributed by atoms with Crippen LogP contribution in [0.1, 0.15) is 104 Å². The van der Waals surface area contributed by atoms with Crippen molar-refractivity contribution in [2.75, 3.05) is 13.2 Å². The van der Waals surface area contributed by atoms with Crippen LogP contribution >= 0.6 is 8.53 Å². The van der Waals surface area contributed by atoms with E-state index >= 15 is 0 Å². The molecule has 0 spiro atoms. The SMILES string of the molecule is CCCCCCCCCCCCO[C@H](COP(OCc1ccccc1)N(C(C)C)C(C)C)C(=O)O. The van der Waals surface area contributed by atoms with Gasteiger partial charge in [-0.25, -0.2) is 9.46 Å². The fourth-order valence-electron chi connectivity index (χ4n) is 3.99. The molecule has 0 aliphatic rings. The molecule has 0 saturated heterocycles. The highest BCUT2D eigenvalue weighted by Gasteiger charge is 2.29. The van der Waals surface area contributed by atoms with Crippen molar-refractivity contribution in [2.24, 2.45) is 0 Å². The van der Waals surface area contributed by atoms with E-state index in [2.05, 4.69) is 39.3 Å². The third-order valence-corrected chi connectivity index (χ3v) is 7.88. The number of hydrogen-bond acceptors (Lipinski definition) is 5. The minimum Gasteiger partial charge on any atom is -0.479 e. The molecule has 0 aromatic heterocycles. The van der Waals surface area contributed by atoms with E-state index in [0.29, 0.717) is 13.2 Å². The highest BCUT2D eigenvalue weighted by atomic mass is 31.2. The molecule has 0 bridgehead atoms. The summed E-state index contributed by atoms with van der Waals surface area (Å²) in [5, 5.41) is 9.66. The predicted molar refractivity (Wildman–Crippen MR) is 145 cm³/mol. The lowest BCUT2D eigenvalue weighted by Gasteiger charge is -2.36. The van der Waals surface area contributed by atoms with E-state index in [1.165, 1.54) is 51.4 Å². The maximum Gasteiger partial charge on any atom is 0.335 e. The van der Waals surface area contributed by atoms with Crippen LogP contribution in [-0.4, -0.2) is 47.1 Å². The molecular weight excluding hydrogens is 461 g/mol. The molecule has 0 fully saturated rings. The smallest absolute Gasteiger partial charge is 0.335 e. The number of benzene rings is 1. The number of hydrogen-bond donors (Lipinski definition) is 1. The van der Waals surface area contributed by atoms with Gasteiger partial charge < -0.3 is 18.9 Å². The van der Waals surface area contributed by atoms with E-state index in [1.807, 2.05) is 30.3 Å². The summed E-state index contributed by atoms with van der Waals surface area (Å²) in [5.74, 6) is -0.990.